The molecule has 2 N–H and O–H groups in total. The van der Waals surface area contributed by atoms with Crippen LogP contribution in [0.15, 0.2) is 23.1 Å². The highest BCUT2D eigenvalue weighted by molar-refractivity contribution is 6.38. The molecule has 0 bridgehead atoms. The summed E-state index contributed by atoms with van der Waals surface area (Å²) in [6.45, 7) is -0.0851. The molecule has 19 heavy (non-hydrogen) atoms. The van der Waals surface area contributed by atoms with Crippen LogP contribution in [0.25, 0.3) is 10.9 Å². The second-order valence-electron chi connectivity index (χ2n) is 3.82. The standard InChI is InChI=1S/C12H9Cl2NO4/c13-7-3-8-10(9(14)4-7)15-5-6(11(8)16)1-2-19-12(17)18/h3-5H,1-2H2,(H,15,16)(H,17,18). The number of pyridine rings is 1. The normalized spacial score (nSPS) is 10.6. The number of halogens is 2. The molecular weight excluding hydrogens is 293 g/mol. The highest BCUT2D eigenvalue weighted by Gasteiger charge is 2.09. The van der Waals surface area contributed by atoms with E-state index in [1.807, 2.05) is 0 Å². The van der Waals surface area contributed by atoms with Crippen LogP contribution in [-0.4, -0.2) is 22.9 Å². The lowest BCUT2D eigenvalue weighted by Crippen LogP contribution is -2.14. The van der Waals surface area contributed by atoms with Crippen LogP contribution in [0.4, 0.5) is 4.79 Å². The second-order valence-corrected chi connectivity index (χ2v) is 4.66. The van der Waals surface area contributed by atoms with E-state index >= 15 is 0 Å². The number of fused-ring (bicyclic) bond motifs is 1. The summed E-state index contributed by atoms with van der Waals surface area (Å²) >= 11 is 11.8. The molecule has 1 aromatic carbocycles. The van der Waals surface area contributed by atoms with Crippen LogP contribution in [0.3, 0.4) is 0 Å². The van der Waals surface area contributed by atoms with Gasteiger partial charge in [0.25, 0.3) is 0 Å². The fourth-order valence-electron chi connectivity index (χ4n) is 1.73. The monoisotopic (exact) mass is 301 g/mol. The predicted molar refractivity (Wildman–Crippen MR) is 72.3 cm³/mol. The highest BCUT2D eigenvalue weighted by atomic mass is 35.5. The van der Waals surface area contributed by atoms with Crippen LogP contribution in [-0.2, 0) is 11.2 Å². The molecule has 0 spiro atoms. The van der Waals surface area contributed by atoms with E-state index in [0.29, 0.717) is 26.5 Å². The van der Waals surface area contributed by atoms with Crippen LogP contribution < -0.4 is 5.43 Å². The SMILES string of the molecule is O=C(O)OCCc1c[nH]c2c(Cl)cc(Cl)cc2c1=O. The van der Waals surface area contributed by atoms with Crippen molar-refractivity contribution in [2.24, 2.45) is 0 Å². The molecule has 0 atom stereocenters. The van der Waals surface area contributed by atoms with E-state index in [1.54, 1.807) is 0 Å². The van der Waals surface area contributed by atoms with Crippen molar-refractivity contribution < 1.29 is 14.6 Å². The molecule has 2 rings (SSSR count). The first-order valence-electron chi connectivity index (χ1n) is 5.34. The number of hydrogen-bond acceptors (Lipinski definition) is 3. The first-order valence-corrected chi connectivity index (χ1v) is 6.09. The minimum absolute atomic E-state index is 0.0851. The van der Waals surface area contributed by atoms with Crippen molar-refractivity contribution in [1.82, 2.24) is 4.98 Å². The van der Waals surface area contributed by atoms with Gasteiger partial charge in [-0.3, -0.25) is 4.79 Å². The van der Waals surface area contributed by atoms with Gasteiger partial charge in [-0.2, -0.15) is 0 Å². The fraction of sp³-hybridized carbons (Fsp3) is 0.167. The van der Waals surface area contributed by atoms with Crippen molar-refractivity contribution in [1.29, 1.82) is 0 Å². The van der Waals surface area contributed by atoms with Gasteiger partial charge >= 0.3 is 6.16 Å². The molecule has 1 heterocycles. The van der Waals surface area contributed by atoms with Gasteiger partial charge in [0.2, 0.25) is 0 Å². The van der Waals surface area contributed by atoms with Crippen LogP contribution in [0.5, 0.6) is 0 Å². The highest BCUT2D eigenvalue weighted by Crippen LogP contribution is 2.24. The Balaban J connectivity index is 2.40. The van der Waals surface area contributed by atoms with Gasteiger partial charge in [-0.25, -0.2) is 4.79 Å². The fourth-order valence-corrected chi connectivity index (χ4v) is 2.28. The van der Waals surface area contributed by atoms with E-state index in [1.165, 1.54) is 18.3 Å². The Morgan fingerprint density at radius 3 is 2.79 bits per heavy atom. The molecule has 0 aliphatic carbocycles. The summed E-state index contributed by atoms with van der Waals surface area (Å²) in [5.41, 5.74) is 0.665. The molecule has 0 amide bonds. The lowest BCUT2D eigenvalue weighted by Gasteiger charge is -2.05. The average molecular weight is 302 g/mol. The summed E-state index contributed by atoms with van der Waals surface area (Å²) in [5.74, 6) is 0. The first-order chi connectivity index (χ1) is 8.99. The number of aromatic nitrogens is 1. The maximum absolute atomic E-state index is 12.2. The number of hydrogen-bond donors (Lipinski definition) is 2. The van der Waals surface area contributed by atoms with E-state index in [-0.39, 0.29) is 18.5 Å². The molecule has 0 saturated carbocycles. The molecule has 7 heteroatoms. The number of carbonyl (C=O) groups is 1. The van der Waals surface area contributed by atoms with Crippen LogP contribution >= 0.6 is 23.2 Å². The Kier molecular flexibility index (Phi) is 3.97. The molecule has 0 unspecified atom stereocenters. The molecule has 100 valence electrons. The molecule has 0 aliphatic heterocycles. The van der Waals surface area contributed by atoms with Crippen LogP contribution in [0.1, 0.15) is 5.56 Å². The molecule has 0 aliphatic rings. The Labute approximate surface area is 117 Å². The molecule has 2 aromatic rings. The first kappa shape index (κ1) is 13.7. The molecule has 5 nitrogen and oxygen atoms in total. The maximum atomic E-state index is 12.2. The molecular formula is C12H9Cl2NO4. The van der Waals surface area contributed by atoms with Gasteiger partial charge in [-0.15, -0.1) is 0 Å². The quantitative estimate of drug-likeness (QED) is 0.854. The zero-order valence-electron chi connectivity index (χ0n) is 9.57. The van der Waals surface area contributed by atoms with Crippen molar-refractivity contribution in [2.75, 3.05) is 6.61 Å². The number of benzene rings is 1. The van der Waals surface area contributed by atoms with E-state index in [0.717, 1.165) is 0 Å². The van der Waals surface area contributed by atoms with Crippen molar-refractivity contribution in [2.45, 2.75) is 6.42 Å². The maximum Gasteiger partial charge on any atom is 0.505 e. The third kappa shape index (κ3) is 3.00. The number of ether oxygens (including phenoxy) is 1. The topological polar surface area (TPSA) is 79.4 Å². The zero-order valence-corrected chi connectivity index (χ0v) is 11.1. The third-order valence-corrected chi connectivity index (χ3v) is 3.10. The number of aromatic amines is 1. The summed E-state index contributed by atoms with van der Waals surface area (Å²) in [5, 5.41) is 9.45. The summed E-state index contributed by atoms with van der Waals surface area (Å²) in [7, 11) is 0. The van der Waals surface area contributed by atoms with Gasteiger partial charge in [0.1, 0.15) is 0 Å². The van der Waals surface area contributed by atoms with Crippen LogP contribution in [0, 0.1) is 0 Å². The largest absolute Gasteiger partial charge is 0.505 e. The summed E-state index contributed by atoms with van der Waals surface area (Å²) in [6.07, 6.45) is 0.306. The van der Waals surface area contributed by atoms with Gasteiger partial charge in [-0.1, -0.05) is 23.2 Å². The summed E-state index contributed by atoms with van der Waals surface area (Å²) in [6, 6.07) is 3.05. The van der Waals surface area contributed by atoms with Gasteiger partial charge in [0, 0.05) is 28.6 Å². The predicted octanol–water partition coefficient (Wildman–Crippen LogP) is 3.07. The Morgan fingerprint density at radius 1 is 1.37 bits per heavy atom. The Hall–Kier alpha value is -1.72. The van der Waals surface area contributed by atoms with Gasteiger partial charge < -0.3 is 14.8 Å². The summed E-state index contributed by atoms with van der Waals surface area (Å²) < 4.78 is 4.37. The summed E-state index contributed by atoms with van der Waals surface area (Å²) in [4.78, 5) is 25.3. The minimum atomic E-state index is -1.37. The van der Waals surface area contributed by atoms with Crippen LogP contribution in [0.2, 0.25) is 10.0 Å². The minimum Gasteiger partial charge on any atom is -0.450 e. The number of nitrogens with one attached hydrogen (secondary N) is 1. The van der Waals surface area contributed by atoms with E-state index in [4.69, 9.17) is 28.3 Å². The molecule has 1 aromatic heterocycles. The third-order valence-electron chi connectivity index (χ3n) is 2.58. The van der Waals surface area contributed by atoms with E-state index in [2.05, 4.69) is 9.72 Å². The molecule has 0 radical (unpaired) electrons. The Bertz CT molecular complexity index is 696. The van der Waals surface area contributed by atoms with Gasteiger partial charge in [0.15, 0.2) is 5.43 Å². The number of H-pyrrole nitrogens is 1. The van der Waals surface area contributed by atoms with Crippen molar-refractivity contribution >= 4 is 40.3 Å². The lowest BCUT2D eigenvalue weighted by atomic mass is 10.1. The number of carboxylic acid groups (broad SMARTS) is 1. The lowest BCUT2D eigenvalue weighted by molar-refractivity contribution is 0.0926. The number of rotatable bonds is 3. The second kappa shape index (κ2) is 5.50. The van der Waals surface area contributed by atoms with E-state index in [9.17, 15) is 9.59 Å². The van der Waals surface area contributed by atoms with E-state index < -0.39 is 6.16 Å². The smallest absolute Gasteiger partial charge is 0.450 e. The van der Waals surface area contributed by atoms with Gasteiger partial charge in [0.05, 0.1) is 17.1 Å². The van der Waals surface area contributed by atoms with Crippen molar-refractivity contribution in [3.05, 3.63) is 44.2 Å². The van der Waals surface area contributed by atoms with Gasteiger partial charge in [-0.05, 0) is 12.1 Å². The Morgan fingerprint density at radius 2 is 2.11 bits per heavy atom. The molecule has 0 fully saturated rings. The van der Waals surface area contributed by atoms with Crippen molar-refractivity contribution in [3.63, 3.8) is 0 Å². The molecule has 0 saturated heterocycles. The zero-order chi connectivity index (χ0) is 14.0. The average Bonchev–Trinajstić information content (AvgIpc) is 2.32. The van der Waals surface area contributed by atoms with Crippen molar-refractivity contribution in [3.8, 4) is 0 Å².